The summed E-state index contributed by atoms with van der Waals surface area (Å²) < 4.78 is 63.8. The molecule has 1 unspecified atom stereocenters. The van der Waals surface area contributed by atoms with Crippen molar-refractivity contribution in [1.82, 2.24) is 10.6 Å². The topological polar surface area (TPSA) is 97.6 Å². The number of benzene rings is 2. The molecule has 1 aliphatic heterocycles. The van der Waals surface area contributed by atoms with E-state index in [1.54, 1.807) is 43.3 Å². The molecule has 0 saturated carbocycles. The van der Waals surface area contributed by atoms with Gasteiger partial charge in [0.05, 0.1) is 23.0 Å². The standard InChI is InChI=1S/C23H24F2N2O5S/c1-14-21(22(28)27-20-9-10-26-13-23(20,24)25)17-11-16(7-8-18(17)32-14)31-12-15-5-3-4-6-19(15)33(2,29)30/h3-8,11,20,26H,9-10,12-13H2,1-2H3,(H,27,28). The summed E-state index contributed by atoms with van der Waals surface area (Å²) in [6, 6.07) is 10.1. The van der Waals surface area contributed by atoms with Crippen LogP contribution in [0.2, 0.25) is 0 Å². The third-order valence-corrected chi connectivity index (χ3v) is 6.81. The molecule has 2 N–H and O–H groups in total. The first-order valence-corrected chi connectivity index (χ1v) is 12.3. The predicted molar refractivity (Wildman–Crippen MR) is 119 cm³/mol. The fourth-order valence-corrected chi connectivity index (χ4v) is 4.89. The summed E-state index contributed by atoms with van der Waals surface area (Å²) >= 11 is 0. The zero-order valence-corrected chi connectivity index (χ0v) is 19.0. The predicted octanol–water partition coefficient (Wildman–Crippen LogP) is 3.45. The number of rotatable bonds is 6. The van der Waals surface area contributed by atoms with Crippen LogP contribution in [0.1, 0.15) is 28.1 Å². The van der Waals surface area contributed by atoms with Gasteiger partial charge < -0.3 is 19.8 Å². The summed E-state index contributed by atoms with van der Waals surface area (Å²) in [5, 5.41) is 5.50. The second-order valence-electron chi connectivity index (χ2n) is 8.11. The Bertz CT molecular complexity index is 1300. The third-order valence-electron chi connectivity index (χ3n) is 5.61. The quantitative estimate of drug-likeness (QED) is 0.563. The Balaban J connectivity index is 1.58. The van der Waals surface area contributed by atoms with Gasteiger partial charge >= 0.3 is 0 Å². The second kappa shape index (κ2) is 8.75. The van der Waals surface area contributed by atoms with E-state index in [2.05, 4.69) is 10.6 Å². The van der Waals surface area contributed by atoms with Gasteiger partial charge in [0.2, 0.25) is 0 Å². The van der Waals surface area contributed by atoms with Gasteiger partial charge in [-0.2, -0.15) is 0 Å². The van der Waals surface area contributed by atoms with Crippen LogP contribution in [-0.2, 0) is 16.4 Å². The monoisotopic (exact) mass is 478 g/mol. The van der Waals surface area contributed by atoms with Crippen LogP contribution in [0.5, 0.6) is 5.75 Å². The van der Waals surface area contributed by atoms with Gasteiger partial charge in [0.25, 0.3) is 11.8 Å². The van der Waals surface area contributed by atoms with Gasteiger partial charge in [-0.15, -0.1) is 0 Å². The molecule has 0 aliphatic carbocycles. The molecule has 2 heterocycles. The van der Waals surface area contributed by atoms with Gasteiger partial charge in [-0.05, 0) is 44.2 Å². The molecule has 4 rings (SSSR count). The smallest absolute Gasteiger partial charge is 0.280 e. The van der Waals surface area contributed by atoms with Crippen LogP contribution in [-0.4, -0.2) is 45.6 Å². The van der Waals surface area contributed by atoms with Crippen molar-refractivity contribution >= 4 is 26.7 Å². The number of fused-ring (bicyclic) bond motifs is 1. The number of ether oxygens (including phenoxy) is 1. The van der Waals surface area contributed by atoms with Crippen LogP contribution in [0.4, 0.5) is 8.78 Å². The zero-order chi connectivity index (χ0) is 23.8. The molecule has 1 fully saturated rings. The number of amides is 1. The van der Waals surface area contributed by atoms with Crippen LogP contribution in [0, 0.1) is 6.92 Å². The molecule has 1 saturated heterocycles. The molecule has 1 atom stereocenters. The molecule has 0 spiro atoms. The lowest BCUT2D eigenvalue weighted by Crippen LogP contribution is -2.57. The van der Waals surface area contributed by atoms with Crippen molar-refractivity contribution < 1.29 is 31.1 Å². The van der Waals surface area contributed by atoms with Crippen LogP contribution in [0.3, 0.4) is 0 Å². The molecule has 2 aromatic carbocycles. The van der Waals surface area contributed by atoms with Crippen molar-refractivity contribution in [2.45, 2.75) is 36.8 Å². The summed E-state index contributed by atoms with van der Waals surface area (Å²) in [7, 11) is -3.42. The minimum absolute atomic E-state index is 0.00555. The first-order chi connectivity index (χ1) is 15.6. The molecule has 1 aliphatic rings. The lowest BCUT2D eigenvalue weighted by Gasteiger charge is -2.32. The molecule has 10 heteroatoms. The zero-order valence-electron chi connectivity index (χ0n) is 18.2. The van der Waals surface area contributed by atoms with Crippen molar-refractivity contribution in [2.75, 3.05) is 19.3 Å². The highest BCUT2D eigenvalue weighted by Gasteiger charge is 2.42. The molecule has 0 radical (unpaired) electrons. The van der Waals surface area contributed by atoms with Crippen molar-refractivity contribution in [3.05, 3.63) is 59.4 Å². The van der Waals surface area contributed by atoms with Gasteiger partial charge in [0.1, 0.15) is 23.7 Å². The van der Waals surface area contributed by atoms with Gasteiger partial charge in [-0.3, -0.25) is 4.79 Å². The number of furan rings is 1. The van der Waals surface area contributed by atoms with E-state index in [1.807, 2.05) is 0 Å². The molecule has 1 aromatic heterocycles. The fraction of sp³-hybridized carbons (Fsp3) is 0.348. The van der Waals surface area contributed by atoms with Gasteiger partial charge in [0, 0.05) is 17.2 Å². The van der Waals surface area contributed by atoms with Crippen molar-refractivity contribution in [1.29, 1.82) is 0 Å². The summed E-state index contributed by atoms with van der Waals surface area (Å²) in [4.78, 5) is 13.1. The van der Waals surface area contributed by atoms with Gasteiger partial charge in [-0.25, -0.2) is 17.2 Å². The van der Waals surface area contributed by atoms with E-state index in [1.165, 1.54) is 6.07 Å². The van der Waals surface area contributed by atoms with Crippen molar-refractivity contribution in [3.8, 4) is 5.75 Å². The van der Waals surface area contributed by atoms with Crippen LogP contribution in [0.15, 0.2) is 51.8 Å². The van der Waals surface area contributed by atoms with Crippen LogP contribution in [0.25, 0.3) is 11.0 Å². The molecule has 1 amide bonds. The number of carbonyl (C=O) groups is 1. The number of aryl methyl sites for hydroxylation is 1. The number of sulfone groups is 1. The molecule has 0 bridgehead atoms. The molecule has 176 valence electrons. The highest BCUT2D eigenvalue weighted by Crippen LogP contribution is 2.31. The number of alkyl halides is 2. The average molecular weight is 479 g/mol. The molecule has 3 aromatic rings. The fourth-order valence-electron chi connectivity index (χ4n) is 3.96. The maximum Gasteiger partial charge on any atom is 0.280 e. The van der Waals surface area contributed by atoms with Crippen LogP contribution >= 0.6 is 0 Å². The van der Waals surface area contributed by atoms with Crippen molar-refractivity contribution in [2.24, 2.45) is 0 Å². The number of carbonyl (C=O) groups excluding carboxylic acids is 1. The number of piperidine rings is 1. The Hall–Kier alpha value is -2.98. The maximum atomic E-state index is 14.2. The largest absolute Gasteiger partial charge is 0.489 e. The van der Waals surface area contributed by atoms with E-state index in [0.29, 0.717) is 34.6 Å². The van der Waals surface area contributed by atoms with E-state index in [-0.39, 0.29) is 23.5 Å². The lowest BCUT2D eigenvalue weighted by molar-refractivity contribution is -0.0487. The summed E-state index contributed by atoms with van der Waals surface area (Å²) in [6.07, 6.45) is 1.24. The van der Waals surface area contributed by atoms with Gasteiger partial charge in [-0.1, -0.05) is 18.2 Å². The SMILES string of the molecule is Cc1oc2ccc(OCc3ccccc3S(C)(=O)=O)cc2c1C(=O)NC1CCNCC1(F)F. The van der Waals surface area contributed by atoms with Gasteiger partial charge in [0.15, 0.2) is 9.84 Å². The van der Waals surface area contributed by atoms with Crippen molar-refractivity contribution in [3.63, 3.8) is 0 Å². The Morgan fingerprint density at radius 1 is 1.27 bits per heavy atom. The summed E-state index contributed by atoms with van der Waals surface area (Å²) in [5.41, 5.74) is 1.08. The Morgan fingerprint density at radius 3 is 2.76 bits per heavy atom. The summed E-state index contributed by atoms with van der Waals surface area (Å²) in [6.45, 7) is 1.49. The van der Waals surface area contributed by atoms with E-state index in [9.17, 15) is 22.0 Å². The van der Waals surface area contributed by atoms with E-state index in [4.69, 9.17) is 9.15 Å². The number of halogens is 2. The minimum Gasteiger partial charge on any atom is -0.489 e. The third kappa shape index (κ3) is 4.86. The Kier molecular flexibility index (Phi) is 6.15. The Labute approximate surface area is 190 Å². The highest BCUT2D eigenvalue weighted by atomic mass is 32.2. The molecular weight excluding hydrogens is 454 g/mol. The second-order valence-corrected chi connectivity index (χ2v) is 10.1. The first-order valence-electron chi connectivity index (χ1n) is 10.4. The van der Waals surface area contributed by atoms with E-state index >= 15 is 0 Å². The number of hydrogen-bond donors (Lipinski definition) is 2. The van der Waals surface area contributed by atoms with E-state index in [0.717, 1.165) is 6.26 Å². The molecule has 33 heavy (non-hydrogen) atoms. The molecular formula is C23H24F2N2O5S. The number of nitrogens with one attached hydrogen (secondary N) is 2. The maximum absolute atomic E-state index is 14.2. The van der Waals surface area contributed by atoms with Crippen LogP contribution < -0.4 is 15.4 Å². The summed E-state index contributed by atoms with van der Waals surface area (Å²) in [5.74, 6) is -3.01. The molecule has 7 nitrogen and oxygen atoms in total. The van der Waals surface area contributed by atoms with E-state index < -0.39 is 34.3 Å². The lowest BCUT2D eigenvalue weighted by atomic mass is 10.0. The normalized spacial score (nSPS) is 18.2. The Morgan fingerprint density at radius 2 is 2.03 bits per heavy atom. The first kappa shape index (κ1) is 23.2. The minimum atomic E-state index is -3.42. The highest BCUT2D eigenvalue weighted by molar-refractivity contribution is 7.90. The number of hydrogen-bond acceptors (Lipinski definition) is 6. The average Bonchev–Trinajstić information content (AvgIpc) is 3.08.